The largest absolute Gasteiger partial charge is 0.370 e. The number of aryl methyl sites for hydroxylation is 1. The molecule has 2 N–H and O–H groups in total. The maximum absolute atomic E-state index is 12.9. The Labute approximate surface area is 124 Å². The Bertz CT molecular complexity index is 583. The predicted molar refractivity (Wildman–Crippen MR) is 84.1 cm³/mol. The van der Waals surface area contributed by atoms with Gasteiger partial charge in [-0.1, -0.05) is 12.1 Å². The normalized spacial score (nSPS) is 12.0. The van der Waals surface area contributed by atoms with E-state index in [1.165, 1.54) is 12.1 Å². The lowest BCUT2D eigenvalue weighted by atomic mass is 10.1. The van der Waals surface area contributed by atoms with Crippen LogP contribution in [-0.2, 0) is 6.42 Å². The standard InChI is InChI=1S/C16H21FN4/c1-4-18-15-10-16(21-12(3)20-15)19-11(2)9-13-5-7-14(17)8-6-13/h5-8,10-11H,4,9H2,1-3H3,(H2,18,19,20,21). The van der Waals surface area contributed by atoms with Gasteiger partial charge in [0.2, 0.25) is 0 Å². The van der Waals surface area contributed by atoms with Crippen LogP contribution in [-0.4, -0.2) is 22.6 Å². The quantitative estimate of drug-likeness (QED) is 0.855. The Hall–Kier alpha value is -2.17. The number of rotatable bonds is 6. The fourth-order valence-electron chi connectivity index (χ4n) is 2.19. The van der Waals surface area contributed by atoms with E-state index in [1.807, 2.05) is 32.0 Å². The van der Waals surface area contributed by atoms with Crippen LogP contribution in [0.3, 0.4) is 0 Å². The molecule has 112 valence electrons. The minimum atomic E-state index is -0.207. The summed E-state index contributed by atoms with van der Waals surface area (Å²) >= 11 is 0. The maximum Gasteiger partial charge on any atom is 0.132 e. The van der Waals surface area contributed by atoms with Gasteiger partial charge >= 0.3 is 0 Å². The minimum Gasteiger partial charge on any atom is -0.370 e. The molecule has 5 heteroatoms. The summed E-state index contributed by atoms with van der Waals surface area (Å²) in [4.78, 5) is 8.71. The zero-order chi connectivity index (χ0) is 15.2. The molecule has 4 nitrogen and oxygen atoms in total. The topological polar surface area (TPSA) is 49.8 Å². The van der Waals surface area contributed by atoms with Crippen molar-refractivity contribution in [2.75, 3.05) is 17.2 Å². The highest BCUT2D eigenvalue weighted by Crippen LogP contribution is 2.14. The van der Waals surface area contributed by atoms with E-state index in [-0.39, 0.29) is 11.9 Å². The molecule has 1 atom stereocenters. The van der Waals surface area contributed by atoms with Gasteiger partial charge in [-0.25, -0.2) is 14.4 Å². The Balaban J connectivity index is 2.01. The van der Waals surface area contributed by atoms with Gasteiger partial charge in [-0.2, -0.15) is 0 Å². The van der Waals surface area contributed by atoms with E-state index in [2.05, 4.69) is 27.5 Å². The molecular formula is C16H21FN4. The number of hydrogen-bond donors (Lipinski definition) is 2. The monoisotopic (exact) mass is 288 g/mol. The predicted octanol–water partition coefficient (Wildman–Crippen LogP) is 3.40. The molecule has 1 aromatic heterocycles. The van der Waals surface area contributed by atoms with Crippen molar-refractivity contribution in [3.05, 3.63) is 47.5 Å². The molecule has 0 fully saturated rings. The van der Waals surface area contributed by atoms with Gasteiger partial charge in [0.1, 0.15) is 23.3 Å². The van der Waals surface area contributed by atoms with Crippen molar-refractivity contribution < 1.29 is 4.39 Å². The van der Waals surface area contributed by atoms with Crippen molar-refractivity contribution in [3.8, 4) is 0 Å². The minimum absolute atomic E-state index is 0.194. The molecule has 0 aliphatic heterocycles. The third-order valence-electron chi connectivity index (χ3n) is 3.05. The zero-order valence-corrected chi connectivity index (χ0v) is 12.7. The number of aromatic nitrogens is 2. The fourth-order valence-corrected chi connectivity index (χ4v) is 2.19. The number of nitrogens with one attached hydrogen (secondary N) is 2. The molecular weight excluding hydrogens is 267 g/mol. The SMILES string of the molecule is CCNc1cc(NC(C)Cc2ccc(F)cc2)nc(C)n1. The highest BCUT2D eigenvalue weighted by atomic mass is 19.1. The lowest BCUT2D eigenvalue weighted by Crippen LogP contribution is -2.19. The summed E-state index contributed by atoms with van der Waals surface area (Å²) in [5.74, 6) is 2.14. The molecule has 0 radical (unpaired) electrons. The van der Waals surface area contributed by atoms with Gasteiger partial charge in [-0.3, -0.25) is 0 Å². The van der Waals surface area contributed by atoms with E-state index in [0.29, 0.717) is 0 Å². The summed E-state index contributed by atoms with van der Waals surface area (Å²) in [6, 6.07) is 8.68. The Morgan fingerprint density at radius 2 is 1.81 bits per heavy atom. The Kier molecular flexibility index (Phi) is 5.09. The van der Waals surface area contributed by atoms with Gasteiger partial charge in [0, 0.05) is 18.7 Å². The number of halogens is 1. The number of benzene rings is 1. The van der Waals surface area contributed by atoms with Gasteiger partial charge in [-0.05, 0) is 44.9 Å². The van der Waals surface area contributed by atoms with E-state index in [4.69, 9.17) is 0 Å². The first kappa shape index (κ1) is 15.2. The first-order valence-corrected chi connectivity index (χ1v) is 7.17. The van der Waals surface area contributed by atoms with Crippen LogP contribution in [0.15, 0.2) is 30.3 Å². The molecule has 0 aliphatic carbocycles. The molecule has 21 heavy (non-hydrogen) atoms. The third kappa shape index (κ3) is 4.70. The second kappa shape index (κ2) is 7.02. The lowest BCUT2D eigenvalue weighted by Gasteiger charge is -2.16. The second-order valence-corrected chi connectivity index (χ2v) is 5.09. The molecule has 0 aliphatic rings. The summed E-state index contributed by atoms with van der Waals surface area (Å²) in [7, 11) is 0. The summed E-state index contributed by atoms with van der Waals surface area (Å²) in [5.41, 5.74) is 1.09. The van der Waals surface area contributed by atoms with Crippen molar-refractivity contribution >= 4 is 11.6 Å². The smallest absolute Gasteiger partial charge is 0.132 e. The average Bonchev–Trinajstić information content (AvgIpc) is 2.41. The van der Waals surface area contributed by atoms with Crippen molar-refractivity contribution in [3.63, 3.8) is 0 Å². The average molecular weight is 288 g/mol. The zero-order valence-electron chi connectivity index (χ0n) is 12.7. The van der Waals surface area contributed by atoms with Crippen molar-refractivity contribution in [1.82, 2.24) is 9.97 Å². The van der Waals surface area contributed by atoms with Gasteiger partial charge < -0.3 is 10.6 Å². The van der Waals surface area contributed by atoms with E-state index in [1.54, 1.807) is 0 Å². The van der Waals surface area contributed by atoms with E-state index in [9.17, 15) is 4.39 Å². The summed E-state index contributed by atoms with van der Waals surface area (Å²) in [6.45, 7) is 6.80. The Morgan fingerprint density at radius 1 is 1.14 bits per heavy atom. The molecule has 1 aromatic carbocycles. The molecule has 0 bridgehead atoms. The fraction of sp³-hybridized carbons (Fsp3) is 0.375. The van der Waals surface area contributed by atoms with Crippen molar-refractivity contribution in [2.24, 2.45) is 0 Å². The van der Waals surface area contributed by atoms with Gasteiger partial charge in [0.25, 0.3) is 0 Å². The molecule has 2 aromatic rings. The summed E-state index contributed by atoms with van der Waals surface area (Å²) in [6.07, 6.45) is 0.805. The number of nitrogens with zero attached hydrogens (tertiary/aromatic N) is 2. The van der Waals surface area contributed by atoms with Crippen LogP contribution in [0.25, 0.3) is 0 Å². The first-order valence-electron chi connectivity index (χ1n) is 7.17. The first-order chi connectivity index (χ1) is 10.1. The van der Waals surface area contributed by atoms with E-state index < -0.39 is 0 Å². The van der Waals surface area contributed by atoms with Crippen LogP contribution in [0.4, 0.5) is 16.0 Å². The molecule has 0 spiro atoms. The van der Waals surface area contributed by atoms with Gasteiger partial charge in [0.05, 0.1) is 0 Å². The molecule has 1 heterocycles. The number of anilines is 2. The van der Waals surface area contributed by atoms with E-state index in [0.717, 1.165) is 36.0 Å². The summed E-state index contributed by atoms with van der Waals surface area (Å²) < 4.78 is 12.9. The van der Waals surface area contributed by atoms with Crippen LogP contribution in [0.5, 0.6) is 0 Å². The molecule has 1 unspecified atom stereocenters. The van der Waals surface area contributed by atoms with Crippen molar-refractivity contribution in [2.45, 2.75) is 33.2 Å². The lowest BCUT2D eigenvalue weighted by molar-refractivity contribution is 0.626. The highest BCUT2D eigenvalue weighted by molar-refractivity contribution is 5.48. The molecule has 0 amide bonds. The van der Waals surface area contributed by atoms with Crippen LogP contribution < -0.4 is 10.6 Å². The molecule has 0 saturated heterocycles. The van der Waals surface area contributed by atoms with Gasteiger partial charge in [-0.15, -0.1) is 0 Å². The Morgan fingerprint density at radius 3 is 2.48 bits per heavy atom. The van der Waals surface area contributed by atoms with Gasteiger partial charge in [0.15, 0.2) is 0 Å². The van der Waals surface area contributed by atoms with Crippen LogP contribution >= 0.6 is 0 Å². The third-order valence-corrected chi connectivity index (χ3v) is 3.05. The molecule has 0 saturated carbocycles. The summed E-state index contributed by atoms with van der Waals surface area (Å²) in [5, 5.41) is 6.54. The highest BCUT2D eigenvalue weighted by Gasteiger charge is 2.07. The van der Waals surface area contributed by atoms with Crippen LogP contribution in [0.2, 0.25) is 0 Å². The van der Waals surface area contributed by atoms with Crippen molar-refractivity contribution in [1.29, 1.82) is 0 Å². The van der Waals surface area contributed by atoms with E-state index >= 15 is 0 Å². The van der Waals surface area contributed by atoms with Crippen LogP contribution in [0.1, 0.15) is 25.2 Å². The van der Waals surface area contributed by atoms with Crippen LogP contribution in [0, 0.1) is 12.7 Å². The second-order valence-electron chi connectivity index (χ2n) is 5.09. The number of hydrogen-bond acceptors (Lipinski definition) is 4. The maximum atomic E-state index is 12.9. The molecule has 2 rings (SSSR count).